The third-order valence-electron chi connectivity index (χ3n) is 5.54. The molecule has 0 saturated carbocycles. The summed E-state index contributed by atoms with van der Waals surface area (Å²) in [5, 5.41) is 0.389. The third kappa shape index (κ3) is 4.72. The maximum Gasteiger partial charge on any atom is 0.349 e. The van der Waals surface area contributed by atoms with Gasteiger partial charge in [0.2, 0.25) is 29.1 Å². The molecule has 1 aromatic heterocycles. The number of aryl methyl sites for hydroxylation is 1. The van der Waals surface area contributed by atoms with Crippen molar-refractivity contribution in [2.45, 2.75) is 6.92 Å². The van der Waals surface area contributed by atoms with Crippen molar-refractivity contribution in [1.82, 2.24) is 0 Å². The molecule has 12 heteroatoms. The highest BCUT2D eigenvalue weighted by Crippen LogP contribution is 2.35. The zero-order chi connectivity index (χ0) is 27.7. The average molecular weight is 536 g/mol. The van der Waals surface area contributed by atoms with Gasteiger partial charge in [0.1, 0.15) is 11.3 Å². The van der Waals surface area contributed by atoms with Crippen LogP contribution in [0.3, 0.4) is 0 Å². The van der Waals surface area contributed by atoms with Crippen LogP contribution in [-0.2, 0) is 4.79 Å². The highest BCUT2D eigenvalue weighted by atomic mass is 19.2. The molecule has 0 aliphatic carbocycles. The second kappa shape index (κ2) is 10.4. The SMILES string of the molecule is COc1ccc(-c2c(C)c3cc(OC(=O)COc4c(F)c(F)c(F)c(F)c4F)ccc3oc2=O)cc1OC. The lowest BCUT2D eigenvalue weighted by Crippen LogP contribution is -2.19. The van der Waals surface area contributed by atoms with E-state index in [2.05, 4.69) is 4.74 Å². The summed E-state index contributed by atoms with van der Waals surface area (Å²) in [4.78, 5) is 24.9. The fraction of sp³-hybridized carbons (Fsp3) is 0.154. The number of methoxy groups -OCH3 is 2. The number of esters is 1. The van der Waals surface area contributed by atoms with Gasteiger partial charge in [-0.1, -0.05) is 6.07 Å². The molecule has 0 amide bonds. The topological polar surface area (TPSA) is 84.2 Å². The molecule has 0 fully saturated rings. The number of carbonyl (C=O) groups excluding carboxylic acids is 1. The Morgan fingerprint density at radius 3 is 2.11 bits per heavy atom. The minimum absolute atomic E-state index is 0.0706. The largest absolute Gasteiger partial charge is 0.493 e. The summed E-state index contributed by atoms with van der Waals surface area (Å²) in [7, 11) is 2.90. The first kappa shape index (κ1) is 26.5. The van der Waals surface area contributed by atoms with E-state index in [9.17, 15) is 31.5 Å². The van der Waals surface area contributed by atoms with Gasteiger partial charge in [-0.25, -0.2) is 22.8 Å². The first-order valence-corrected chi connectivity index (χ1v) is 10.7. The number of hydrogen-bond acceptors (Lipinski definition) is 7. The van der Waals surface area contributed by atoms with E-state index >= 15 is 0 Å². The molecule has 4 aromatic rings. The summed E-state index contributed by atoms with van der Waals surface area (Å²) >= 11 is 0. The van der Waals surface area contributed by atoms with E-state index in [1.165, 1.54) is 32.4 Å². The lowest BCUT2D eigenvalue weighted by molar-refractivity contribution is -0.136. The van der Waals surface area contributed by atoms with Crippen LogP contribution in [-0.4, -0.2) is 26.8 Å². The number of halogens is 5. The van der Waals surface area contributed by atoms with Gasteiger partial charge >= 0.3 is 11.6 Å². The molecule has 0 aliphatic rings. The van der Waals surface area contributed by atoms with Crippen molar-refractivity contribution in [2.24, 2.45) is 0 Å². The summed E-state index contributed by atoms with van der Waals surface area (Å²) in [6.07, 6.45) is 0. The van der Waals surface area contributed by atoms with Crippen LogP contribution in [0.1, 0.15) is 5.56 Å². The number of fused-ring (bicyclic) bond motifs is 1. The van der Waals surface area contributed by atoms with Crippen molar-refractivity contribution in [1.29, 1.82) is 0 Å². The van der Waals surface area contributed by atoms with Gasteiger partial charge in [0.15, 0.2) is 23.9 Å². The number of ether oxygens (including phenoxy) is 4. The number of carbonyl (C=O) groups is 1. The first-order chi connectivity index (χ1) is 18.1. The third-order valence-corrected chi connectivity index (χ3v) is 5.54. The molecule has 198 valence electrons. The second-order valence-corrected chi connectivity index (χ2v) is 7.78. The van der Waals surface area contributed by atoms with Crippen LogP contribution in [0.2, 0.25) is 0 Å². The van der Waals surface area contributed by atoms with Crippen LogP contribution in [0.15, 0.2) is 45.6 Å². The first-order valence-electron chi connectivity index (χ1n) is 10.7. The smallest absolute Gasteiger partial charge is 0.349 e. The molecule has 0 unspecified atom stereocenters. The molecule has 1 heterocycles. The lowest BCUT2D eigenvalue weighted by atomic mass is 9.99. The molecular formula is C26H17F5O7. The van der Waals surface area contributed by atoms with Crippen LogP contribution in [0.5, 0.6) is 23.0 Å². The molecular weight excluding hydrogens is 519 g/mol. The molecule has 0 saturated heterocycles. The maximum atomic E-state index is 13.8. The van der Waals surface area contributed by atoms with Crippen molar-refractivity contribution >= 4 is 16.9 Å². The van der Waals surface area contributed by atoms with Crippen LogP contribution in [0.4, 0.5) is 22.0 Å². The summed E-state index contributed by atoms with van der Waals surface area (Å²) in [5.74, 6) is -13.3. The van der Waals surface area contributed by atoms with Crippen molar-refractivity contribution in [3.63, 3.8) is 0 Å². The van der Waals surface area contributed by atoms with Gasteiger partial charge in [-0.2, -0.15) is 8.78 Å². The van der Waals surface area contributed by atoms with E-state index in [0.29, 0.717) is 28.0 Å². The van der Waals surface area contributed by atoms with Crippen LogP contribution < -0.4 is 24.6 Å². The van der Waals surface area contributed by atoms with E-state index < -0.39 is 53.0 Å². The molecule has 0 atom stereocenters. The molecule has 0 aliphatic heterocycles. The minimum atomic E-state index is -2.36. The highest BCUT2D eigenvalue weighted by Gasteiger charge is 2.27. The Kier molecular flexibility index (Phi) is 7.24. The summed E-state index contributed by atoms with van der Waals surface area (Å²) in [6, 6.07) is 8.83. The zero-order valence-corrected chi connectivity index (χ0v) is 19.9. The van der Waals surface area contributed by atoms with E-state index in [1.807, 2.05) is 0 Å². The van der Waals surface area contributed by atoms with Crippen molar-refractivity contribution < 1.29 is 50.1 Å². The highest BCUT2D eigenvalue weighted by molar-refractivity contribution is 5.88. The number of hydrogen-bond donors (Lipinski definition) is 0. The van der Waals surface area contributed by atoms with Gasteiger partial charge in [0.25, 0.3) is 0 Å². The molecule has 7 nitrogen and oxygen atoms in total. The fourth-order valence-electron chi connectivity index (χ4n) is 3.72. The standard InChI is InChI=1S/C26H17F5O7/c1-11-14-9-13(37-18(32)10-36-25-23(30)21(28)20(27)22(29)24(25)31)5-7-15(14)38-26(33)19(11)12-4-6-16(34-2)17(8-12)35-3/h4-9H,10H2,1-3H3. The van der Waals surface area contributed by atoms with Gasteiger partial charge in [0.05, 0.1) is 19.8 Å². The van der Waals surface area contributed by atoms with Crippen molar-refractivity contribution in [3.05, 3.63) is 81.5 Å². The van der Waals surface area contributed by atoms with Gasteiger partial charge < -0.3 is 23.4 Å². The van der Waals surface area contributed by atoms with Crippen molar-refractivity contribution in [3.8, 4) is 34.1 Å². The average Bonchev–Trinajstić information content (AvgIpc) is 2.91. The Hall–Kier alpha value is -4.61. The Morgan fingerprint density at radius 1 is 0.842 bits per heavy atom. The van der Waals surface area contributed by atoms with Crippen LogP contribution in [0, 0.1) is 36.0 Å². The molecule has 0 radical (unpaired) electrons. The minimum Gasteiger partial charge on any atom is -0.493 e. The van der Waals surface area contributed by atoms with E-state index in [-0.39, 0.29) is 16.9 Å². The monoisotopic (exact) mass is 536 g/mol. The van der Waals surface area contributed by atoms with Gasteiger partial charge in [-0.05, 0) is 48.4 Å². The Balaban J connectivity index is 1.62. The van der Waals surface area contributed by atoms with Gasteiger partial charge in [0, 0.05) is 5.39 Å². The van der Waals surface area contributed by atoms with Crippen molar-refractivity contribution in [2.75, 3.05) is 20.8 Å². The molecule has 0 N–H and O–H groups in total. The Labute approximate surface area is 210 Å². The molecule has 3 aromatic carbocycles. The Morgan fingerprint density at radius 2 is 1.47 bits per heavy atom. The molecule has 38 heavy (non-hydrogen) atoms. The number of rotatable bonds is 7. The summed E-state index contributed by atoms with van der Waals surface area (Å²) in [6.45, 7) is 0.472. The predicted octanol–water partition coefficient (Wildman–Crippen LogP) is 5.47. The summed E-state index contributed by atoms with van der Waals surface area (Å²) < 4.78 is 92.8. The van der Waals surface area contributed by atoms with Crippen LogP contribution >= 0.6 is 0 Å². The van der Waals surface area contributed by atoms with Gasteiger partial charge in [-0.15, -0.1) is 0 Å². The van der Waals surface area contributed by atoms with E-state index in [1.54, 1.807) is 25.1 Å². The molecule has 4 rings (SSSR count). The normalized spacial score (nSPS) is 10.9. The lowest BCUT2D eigenvalue weighted by Gasteiger charge is -2.13. The summed E-state index contributed by atoms with van der Waals surface area (Å²) in [5.41, 5.74) is 0.683. The zero-order valence-electron chi connectivity index (χ0n) is 19.9. The van der Waals surface area contributed by atoms with Gasteiger partial charge in [-0.3, -0.25) is 0 Å². The maximum absolute atomic E-state index is 13.8. The van der Waals surface area contributed by atoms with E-state index in [4.69, 9.17) is 18.6 Å². The predicted molar refractivity (Wildman–Crippen MR) is 123 cm³/mol. The Bertz CT molecular complexity index is 1600. The molecule has 0 spiro atoms. The van der Waals surface area contributed by atoms with Crippen LogP contribution in [0.25, 0.3) is 22.1 Å². The fourth-order valence-corrected chi connectivity index (χ4v) is 3.72. The quantitative estimate of drug-likeness (QED) is 0.0774. The number of benzene rings is 3. The molecule has 0 bridgehead atoms. The van der Waals surface area contributed by atoms with E-state index in [0.717, 1.165) is 0 Å². The second-order valence-electron chi connectivity index (χ2n) is 7.78.